The summed E-state index contributed by atoms with van der Waals surface area (Å²) in [5, 5.41) is 3.17. The van der Waals surface area contributed by atoms with E-state index < -0.39 is 0 Å². The van der Waals surface area contributed by atoms with Crippen LogP contribution in [0.25, 0.3) is 0 Å². The van der Waals surface area contributed by atoms with Crippen molar-refractivity contribution in [2.75, 3.05) is 40.3 Å². The number of ether oxygens (including phenoxy) is 2. The van der Waals surface area contributed by atoms with Crippen molar-refractivity contribution < 1.29 is 14.3 Å². The molecular weight excluding hydrogens is 322 g/mol. The molecule has 2 heterocycles. The lowest BCUT2D eigenvalue weighted by Crippen LogP contribution is -2.53. The summed E-state index contributed by atoms with van der Waals surface area (Å²) in [5.41, 5.74) is 0. The van der Waals surface area contributed by atoms with Gasteiger partial charge < -0.3 is 24.6 Å². The number of nitrogens with one attached hydrogen (secondary N) is 1. The van der Waals surface area contributed by atoms with Crippen LogP contribution in [0.15, 0.2) is 12.4 Å². The Morgan fingerprint density at radius 1 is 1.12 bits per heavy atom. The fourth-order valence-electron chi connectivity index (χ4n) is 3.26. The predicted octanol–water partition coefficient (Wildman–Crippen LogP) is 1.13. The first-order valence-corrected chi connectivity index (χ1v) is 8.90. The predicted molar refractivity (Wildman–Crippen MR) is 92.9 cm³/mol. The monoisotopic (exact) mass is 349 g/mol. The summed E-state index contributed by atoms with van der Waals surface area (Å²) in [6, 6.07) is 0.291. The van der Waals surface area contributed by atoms with E-state index in [0.717, 1.165) is 51.9 Å². The number of carbonyl (C=O) groups is 1. The number of rotatable bonds is 4. The number of aromatic nitrogens is 2. The molecule has 1 saturated heterocycles. The van der Waals surface area contributed by atoms with Gasteiger partial charge in [0.2, 0.25) is 11.8 Å². The Balaban J connectivity index is 1.41. The van der Waals surface area contributed by atoms with E-state index in [4.69, 9.17) is 9.47 Å². The molecule has 8 nitrogen and oxygen atoms in total. The quantitative estimate of drug-likeness (QED) is 0.878. The summed E-state index contributed by atoms with van der Waals surface area (Å²) in [7, 11) is 3.64. The zero-order valence-electron chi connectivity index (χ0n) is 15.0. The van der Waals surface area contributed by atoms with Gasteiger partial charge in [-0.15, -0.1) is 0 Å². The number of likely N-dealkylation sites (N-methyl/N-ethyl adjacent to an activating group) is 1. The number of hydrogen-bond acceptors (Lipinski definition) is 6. The minimum Gasteiger partial charge on any atom is -0.480 e. The fourth-order valence-corrected chi connectivity index (χ4v) is 3.26. The second kappa shape index (κ2) is 8.33. The molecule has 0 radical (unpaired) electrons. The normalized spacial score (nSPS) is 24.6. The first kappa shape index (κ1) is 17.7. The molecule has 2 aliphatic rings. The van der Waals surface area contributed by atoms with Crippen molar-refractivity contribution in [2.45, 2.75) is 37.8 Å². The average molecular weight is 349 g/mol. The molecule has 2 fully saturated rings. The summed E-state index contributed by atoms with van der Waals surface area (Å²) >= 11 is 0. The van der Waals surface area contributed by atoms with Gasteiger partial charge in [-0.3, -0.25) is 4.98 Å². The molecular formula is C17H27N5O3. The van der Waals surface area contributed by atoms with Crippen molar-refractivity contribution >= 4 is 6.03 Å². The van der Waals surface area contributed by atoms with E-state index in [9.17, 15) is 4.79 Å². The van der Waals surface area contributed by atoms with Gasteiger partial charge >= 0.3 is 6.03 Å². The number of nitrogens with zero attached hydrogens (tertiary/aromatic N) is 4. The highest BCUT2D eigenvalue weighted by Crippen LogP contribution is 2.23. The van der Waals surface area contributed by atoms with Crippen molar-refractivity contribution in [1.82, 2.24) is 25.1 Å². The van der Waals surface area contributed by atoms with E-state index in [1.54, 1.807) is 19.5 Å². The Labute approximate surface area is 148 Å². The van der Waals surface area contributed by atoms with Gasteiger partial charge in [0.25, 0.3) is 0 Å². The van der Waals surface area contributed by atoms with E-state index in [-0.39, 0.29) is 18.2 Å². The van der Waals surface area contributed by atoms with Crippen LogP contribution in [0, 0.1) is 0 Å². The molecule has 0 bridgehead atoms. The SMILES string of the molecule is COc1cncc(OC2CCC(NC(=O)N3CCN(C)CC3)CC2)n1. The zero-order chi connectivity index (χ0) is 17.6. The van der Waals surface area contributed by atoms with E-state index >= 15 is 0 Å². The van der Waals surface area contributed by atoms with Gasteiger partial charge in [-0.25, -0.2) is 4.79 Å². The van der Waals surface area contributed by atoms with Gasteiger partial charge in [0, 0.05) is 32.2 Å². The van der Waals surface area contributed by atoms with Gasteiger partial charge in [0.1, 0.15) is 6.10 Å². The van der Waals surface area contributed by atoms with Crippen LogP contribution in [0.5, 0.6) is 11.8 Å². The molecule has 1 aromatic heterocycles. The van der Waals surface area contributed by atoms with Crippen LogP contribution in [0.1, 0.15) is 25.7 Å². The average Bonchev–Trinajstić information content (AvgIpc) is 2.64. The molecule has 138 valence electrons. The van der Waals surface area contributed by atoms with Crippen molar-refractivity contribution in [1.29, 1.82) is 0 Å². The molecule has 3 rings (SSSR count). The summed E-state index contributed by atoms with van der Waals surface area (Å²) < 4.78 is 11.0. The lowest BCUT2D eigenvalue weighted by molar-refractivity contribution is 0.124. The van der Waals surface area contributed by atoms with Crippen molar-refractivity contribution in [3.63, 3.8) is 0 Å². The Bertz CT molecular complexity index is 569. The van der Waals surface area contributed by atoms with Crippen LogP contribution in [0.2, 0.25) is 0 Å². The molecule has 1 aliphatic heterocycles. The molecule has 0 atom stereocenters. The molecule has 0 aromatic carbocycles. The largest absolute Gasteiger partial charge is 0.480 e. The number of urea groups is 1. The summed E-state index contributed by atoms with van der Waals surface area (Å²) in [5.74, 6) is 0.940. The zero-order valence-corrected chi connectivity index (χ0v) is 15.0. The van der Waals surface area contributed by atoms with Crippen molar-refractivity contribution in [3.8, 4) is 11.8 Å². The molecule has 2 amide bonds. The van der Waals surface area contributed by atoms with Crippen molar-refractivity contribution in [3.05, 3.63) is 12.4 Å². The van der Waals surface area contributed by atoms with Crippen LogP contribution in [0.3, 0.4) is 0 Å². The number of amides is 2. The maximum Gasteiger partial charge on any atom is 0.317 e. The van der Waals surface area contributed by atoms with Gasteiger partial charge in [-0.1, -0.05) is 0 Å². The standard InChI is InChI=1S/C17H27N5O3/c1-21-7-9-22(10-8-21)17(23)19-13-3-5-14(6-4-13)25-16-12-18-11-15(20-16)24-2/h11-14H,3-10H2,1-2H3,(H,19,23). The Morgan fingerprint density at radius 3 is 2.48 bits per heavy atom. The van der Waals surface area contributed by atoms with Crippen molar-refractivity contribution in [2.24, 2.45) is 0 Å². The van der Waals surface area contributed by atoms with E-state index in [1.165, 1.54) is 0 Å². The highest BCUT2D eigenvalue weighted by atomic mass is 16.5. The van der Waals surface area contributed by atoms with E-state index in [1.807, 2.05) is 4.90 Å². The molecule has 1 aromatic rings. The smallest absolute Gasteiger partial charge is 0.317 e. The third-order valence-electron chi connectivity index (χ3n) is 4.88. The molecule has 1 aliphatic carbocycles. The third-order valence-corrected chi connectivity index (χ3v) is 4.88. The number of hydrogen-bond donors (Lipinski definition) is 1. The molecule has 0 spiro atoms. The molecule has 8 heteroatoms. The molecule has 25 heavy (non-hydrogen) atoms. The van der Waals surface area contributed by atoms with E-state index in [2.05, 4.69) is 27.2 Å². The second-order valence-corrected chi connectivity index (χ2v) is 6.73. The van der Waals surface area contributed by atoms with Crippen LogP contribution in [0.4, 0.5) is 4.79 Å². The highest BCUT2D eigenvalue weighted by Gasteiger charge is 2.26. The first-order valence-electron chi connectivity index (χ1n) is 8.90. The number of piperazine rings is 1. The minimum absolute atomic E-state index is 0.0659. The number of carbonyl (C=O) groups excluding carboxylic acids is 1. The third kappa shape index (κ3) is 4.94. The van der Waals surface area contributed by atoms with Gasteiger partial charge in [-0.05, 0) is 32.7 Å². The van der Waals surface area contributed by atoms with Crippen LogP contribution >= 0.6 is 0 Å². The Morgan fingerprint density at radius 2 is 1.80 bits per heavy atom. The maximum absolute atomic E-state index is 12.3. The lowest BCUT2D eigenvalue weighted by Gasteiger charge is -2.35. The highest BCUT2D eigenvalue weighted by molar-refractivity contribution is 5.74. The molecule has 1 N–H and O–H groups in total. The fraction of sp³-hybridized carbons (Fsp3) is 0.706. The molecule has 0 unspecified atom stereocenters. The topological polar surface area (TPSA) is 79.8 Å². The minimum atomic E-state index is 0.0659. The second-order valence-electron chi connectivity index (χ2n) is 6.73. The number of methoxy groups -OCH3 is 1. The van der Waals surface area contributed by atoms with Crippen LogP contribution in [-0.2, 0) is 0 Å². The van der Waals surface area contributed by atoms with Crippen LogP contribution < -0.4 is 14.8 Å². The lowest BCUT2D eigenvalue weighted by atomic mass is 9.93. The van der Waals surface area contributed by atoms with Gasteiger partial charge in [-0.2, -0.15) is 4.98 Å². The van der Waals surface area contributed by atoms with Gasteiger partial charge in [0.05, 0.1) is 19.5 Å². The van der Waals surface area contributed by atoms with Crippen LogP contribution in [-0.4, -0.2) is 78.3 Å². The summed E-state index contributed by atoms with van der Waals surface area (Å²) in [6.45, 7) is 3.48. The summed E-state index contributed by atoms with van der Waals surface area (Å²) in [4.78, 5) is 24.8. The molecule has 1 saturated carbocycles. The first-order chi connectivity index (χ1) is 12.1. The Hall–Kier alpha value is -2.09. The Kier molecular flexibility index (Phi) is 5.91. The van der Waals surface area contributed by atoms with Gasteiger partial charge in [0.15, 0.2) is 0 Å². The maximum atomic E-state index is 12.3. The summed E-state index contributed by atoms with van der Waals surface area (Å²) in [6.07, 6.45) is 6.89. The van der Waals surface area contributed by atoms with E-state index in [0.29, 0.717) is 11.8 Å².